The standard InChI is InChI=1S/C19H18FNO5/c1-12(22)21-15-6-7-16(17(20)9-15)18(23)11-26-19(24)14-5-3-4-13(8-14)10-25-2/h3-9H,10-11H2,1-2H3,(H,21,22). The van der Waals surface area contributed by atoms with Gasteiger partial charge in [-0.05, 0) is 35.9 Å². The maximum atomic E-state index is 14.0. The number of hydrogen-bond donors (Lipinski definition) is 1. The largest absolute Gasteiger partial charge is 0.454 e. The fraction of sp³-hybridized carbons (Fsp3) is 0.211. The molecular weight excluding hydrogens is 341 g/mol. The number of ketones is 1. The molecule has 0 saturated carbocycles. The summed E-state index contributed by atoms with van der Waals surface area (Å²) in [5.41, 5.74) is 1.07. The molecule has 0 saturated heterocycles. The minimum absolute atomic E-state index is 0.222. The van der Waals surface area contributed by atoms with E-state index in [1.165, 1.54) is 26.2 Å². The second-order valence-electron chi connectivity index (χ2n) is 5.51. The highest BCUT2D eigenvalue weighted by Crippen LogP contribution is 2.16. The number of benzene rings is 2. The quantitative estimate of drug-likeness (QED) is 0.607. The van der Waals surface area contributed by atoms with Crippen molar-refractivity contribution >= 4 is 23.3 Å². The molecule has 0 bridgehead atoms. The Morgan fingerprint density at radius 1 is 1.12 bits per heavy atom. The Morgan fingerprint density at radius 2 is 1.88 bits per heavy atom. The normalized spacial score (nSPS) is 10.3. The van der Waals surface area contributed by atoms with Gasteiger partial charge in [0, 0.05) is 19.7 Å². The zero-order chi connectivity index (χ0) is 19.1. The van der Waals surface area contributed by atoms with Gasteiger partial charge in [-0.1, -0.05) is 12.1 Å². The van der Waals surface area contributed by atoms with E-state index in [9.17, 15) is 18.8 Å². The van der Waals surface area contributed by atoms with E-state index in [4.69, 9.17) is 9.47 Å². The SMILES string of the molecule is COCc1cccc(C(=O)OCC(=O)c2ccc(NC(C)=O)cc2F)c1. The van der Waals surface area contributed by atoms with Crippen molar-refractivity contribution in [3.63, 3.8) is 0 Å². The number of anilines is 1. The predicted octanol–water partition coefficient (Wildman–Crippen LogP) is 2.97. The molecule has 0 atom stereocenters. The van der Waals surface area contributed by atoms with Crippen LogP contribution in [0.5, 0.6) is 0 Å². The van der Waals surface area contributed by atoms with Gasteiger partial charge in [0.2, 0.25) is 11.7 Å². The Bertz CT molecular complexity index is 834. The third-order valence-corrected chi connectivity index (χ3v) is 3.40. The summed E-state index contributed by atoms with van der Waals surface area (Å²) in [5, 5.41) is 2.41. The van der Waals surface area contributed by atoms with Crippen LogP contribution in [0, 0.1) is 5.82 Å². The van der Waals surface area contributed by atoms with Gasteiger partial charge in [-0.25, -0.2) is 9.18 Å². The molecule has 0 aliphatic heterocycles. The van der Waals surface area contributed by atoms with E-state index in [1.54, 1.807) is 24.3 Å². The molecular formula is C19H18FNO5. The number of rotatable bonds is 7. The van der Waals surface area contributed by atoms with Gasteiger partial charge in [-0.15, -0.1) is 0 Å². The number of methoxy groups -OCH3 is 1. The Hall–Kier alpha value is -3.06. The van der Waals surface area contributed by atoms with Gasteiger partial charge in [0.1, 0.15) is 5.82 Å². The molecule has 26 heavy (non-hydrogen) atoms. The van der Waals surface area contributed by atoms with Crippen LogP contribution in [0.3, 0.4) is 0 Å². The van der Waals surface area contributed by atoms with Crippen LogP contribution in [-0.4, -0.2) is 31.4 Å². The van der Waals surface area contributed by atoms with Gasteiger partial charge < -0.3 is 14.8 Å². The van der Waals surface area contributed by atoms with E-state index in [1.807, 2.05) is 0 Å². The molecule has 0 aromatic heterocycles. The van der Waals surface area contributed by atoms with Crippen molar-refractivity contribution < 1.29 is 28.2 Å². The van der Waals surface area contributed by atoms with E-state index in [2.05, 4.69) is 5.32 Å². The Kier molecular flexibility index (Phi) is 6.57. The number of esters is 1. The van der Waals surface area contributed by atoms with E-state index in [0.717, 1.165) is 11.6 Å². The van der Waals surface area contributed by atoms with Gasteiger partial charge >= 0.3 is 5.97 Å². The van der Waals surface area contributed by atoms with Crippen molar-refractivity contribution in [3.8, 4) is 0 Å². The lowest BCUT2D eigenvalue weighted by Crippen LogP contribution is -2.16. The first kappa shape index (κ1) is 19.3. The fourth-order valence-corrected chi connectivity index (χ4v) is 2.27. The average Bonchev–Trinajstić information content (AvgIpc) is 2.59. The van der Waals surface area contributed by atoms with Gasteiger partial charge in [0.15, 0.2) is 6.61 Å². The first-order valence-corrected chi connectivity index (χ1v) is 7.76. The first-order valence-electron chi connectivity index (χ1n) is 7.76. The first-order chi connectivity index (χ1) is 12.4. The zero-order valence-electron chi connectivity index (χ0n) is 14.4. The summed E-state index contributed by atoms with van der Waals surface area (Å²) in [6.07, 6.45) is 0. The van der Waals surface area contributed by atoms with Crippen LogP contribution in [0.2, 0.25) is 0 Å². The van der Waals surface area contributed by atoms with Gasteiger partial charge in [-0.2, -0.15) is 0 Å². The zero-order valence-corrected chi connectivity index (χ0v) is 14.4. The summed E-state index contributed by atoms with van der Waals surface area (Å²) in [6.45, 7) is 1.04. The lowest BCUT2D eigenvalue weighted by Gasteiger charge is -2.08. The third-order valence-electron chi connectivity index (χ3n) is 3.40. The number of halogens is 1. The van der Waals surface area contributed by atoms with E-state index >= 15 is 0 Å². The van der Waals surface area contributed by atoms with Crippen molar-refractivity contribution in [3.05, 3.63) is 65.0 Å². The van der Waals surface area contributed by atoms with E-state index < -0.39 is 24.2 Å². The monoisotopic (exact) mass is 359 g/mol. The minimum atomic E-state index is -0.806. The highest BCUT2D eigenvalue weighted by atomic mass is 19.1. The average molecular weight is 359 g/mol. The number of carbonyl (C=O) groups excluding carboxylic acids is 3. The summed E-state index contributed by atoms with van der Waals surface area (Å²) >= 11 is 0. The highest BCUT2D eigenvalue weighted by molar-refractivity contribution is 6.00. The molecule has 0 fully saturated rings. The van der Waals surface area contributed by atoms with Gasteiger partial charge in [0.05, 0.1) is 17.7 Å². The maximum Gasteiger partial charge on any atom is 0.338 e. The number of Topliss-reactive ketones (excluding diaryl/α,β-unsaturated/α-hetero) is 1. The summed E-state index contributed by atoms with van der Waals surface area (Å²) < 4.78 is 24.0. The number of ether oxygens (including phenoxy) is 2. The fourth-order valence-electron chi connectivity index (χ4n) is 2.27. The van der Waals surface area contributed by atoms with Crippen LogP contribution in [0.1, 0.15) is 33.2 Å². The van der Waals surface area contributed by atoms with Crippen LogP contribution >= 0.6 is 0 Å². The molecule has 1 N–H and O–H groups in total. The molecule has 6 nitrogen and oxygen atoms in total. The van der Waals surface area contributed by atoms with Crippen LogP contribution in [0.4, 0.5) is 10.1 Å². The van der Waals surface area contributed by atoms with E-state index in [0.29, 0.717) is 6.61 Å². The predicted molar refractivity (Wildman–Crippen MR) is 92.5 cm³/mol. The number of nitrogens with one attached hydrogen (secondary N) is 1. The van der Waals surface area contributed by atoms with Crippen LogP contribution in [-0.2, 0) is 20.9 Å². The van der Waals surface area contributed by atoms with Crippen LogP contribution in [0.15, 0.2) is 42.5 Å². The molecule has 2 aromatic carbocycles. The molecule has 1 amide bonds. The van der Waals surface area contributed by atoms with Crippen molar-refractivity contribution in [2.75, 3.05) is 19.0 Å². The van der Waals surface area contributed by atoms with Crippen molar-refractivity contribution in [2.24, 2.45) is 0 Å². The maximum absolute atomic E-state index is 14.0. The lowest BCUT2D eigenvalue weighted by atomic mass is 10.1. The van der Waals surface area contributed by atoms with E-state index in [-0.39, 0.29) is 22.7 Å². The summed E-state index contributed by atoms with van der Waals surface area (Å²) in [5.74, 6) is -2.53. The van der Waals surface area contributed by atoms with Gasteiger partial charge in [0.25, 0.3) is 0 Å². The molecule has 136 valence electrons. The molecule has 2 rings (SSSR count). The third kappa shape index (κ3) is 5.22. The van der Waals surface area contributed by atoms with Crippen LogP contribution in [0.25, 0.3) is 0 Å². The molecule has 7 heteroatoms. The molecule has 2 aromatic rings. The van der Waals surface area contributed by atoms with Crippen molar-refractivity contribution in [1.82, 2.24) is 0 Å². The highest BCUT2D eigenvalue weighted by Gasteiger charge is 2.16. The molecule has 0 unspecified atom stereocenters. The molecule has 0 aliphatic rings. The second kappa shape index (κ2) is 8.87. The number of amides is 1. The Balaban J connectivity index is 2.00. The Morgan fingerprint density at radius 3 is 2.54 bits per heavy atom. The lowest BCUT2D eigenvalue weighted by molar-refractivity contribution is -0.114. The Labute approximate surface area is 149 Å². The summed E-state index contributed by atoms with van der Waals surface area (Å²) in [7, 11) is 1.54. The molecule has 0 radical (unpaired) electrons. The molecule has 0 heterocycles. The van der Waals surface area contributed by atoms with Crippen LogP contribution < -0.4 is 5.32 Å². The number of hydrogen-bond acceptors (Lipinski definition) is 5. The smallest absolute Gasteiger partial charge is 0.338 e. The molecule has 0 spiro atoms. The van der Waals surface area contributed by atoms with Gasteiger partial charge in [-0.3, -0.25) is 9.59 Å². The second-order valence-corrected chi connectivity index (χ2v) is 5.51. The molecule has 0 aliphatic carbocycles. The minimum Gasteiger partial charge on any atom is -0.454 e. The summed E-state index contributed by atoms with van der Waals surface area (Å²) in [4.78, 5) is 35.1. The van der Waals surface area contributed by atoms with Crippen molar-refractivity contribution in [1.29, 1.82) is 0 Å². The topological polar surface area (TPSA) is 81.7 Å². The summed E-state index contributed by atoms with van der Waals surface area (Å²) in [6, 6.07) is 10.3. The number of carbonyl (C=O) groups is 3. The van der Waals surface area contributed by atoms with Crippen molar-refractivity contribution in [2.45, 2.75) is 13.5 Å².